The lowest BCUT2D eigenvalue weighted by atomic mass is 10.1. The Morgan fingerprint density at radius 3 is 2.73 bits per heavy atom. The highest BCUT2D eigenvalue weighted by Crippen LogP contribution is 2.29. The average Bonchev–Trinajstić information content (AvgIpc) is 3.32. The number of hydrogen-bond donors (Lipinski definition) is 0. The molecule has 1 amide bonds. The Balaban J connectivity index is 1.29. The molecule has 2 aliphatic rings. The number of benzene rings is 1. The van der Waals surface area contributed by atoms with Gasteiger partial charge in [-0.2, -0.15) is 5.10 Å². The maximum Gasteiger partial charge on any atom is 0.257 e. The van der Waals surface area contributed by atoms with Gasteiger partial charge >= 0.3 is 0 Å². The van der Waals surface area contributed by atoms with Gasteiger partial charge in [0, 0.05) is 32.7 Å². The van der Waals surface area contributed by atoms with Crippen LogP contribution >= 0.6 is 11.3 Å². The van der Waals surface area contributed by atoms with E-state index >= 15 is 0 Å². The Hall–Kier alpha value is -2.41. The number of hydrogen-bond acceptors (Lipinski definition) is 5. The van der Waals surface area contributed by atoms with E-state index in [4.69, 9.17) is 4.98 Å². The van der Waals surface area contributed by atoms with Crippen LogP contribution < -0.4 is 4.90 Å². The summed E-state index contributed by atoms with van der Waals surface area (Å²) in [4.78, 5) is 22.0. The number of rotatable bonds is 2. The molecule has 4 heterocycles. The molecule has 0 radical (unpaired) electrons. The van der Waals surface area contributed by atoms with E-state index in [0.29, 0.717) is 0 Å². The highest BCUT2D eigenvalue weighted by atomic mass is 32.1. The number of anilines is 1. The Labute approximate surface area is 156 Å². The fraction of sp³-hybridized carbons (Fsp3) is 0.421. The molecule has 0 unspecified atom stereocenters. The van der Waals surface area contributed by atoms with Gasteiger partial charge in [0.2, 0.25) is 0 Å². The van der Waals surface area contributed by atoms with E-state index in [1.54, 1.807) is 17.5 Å². The summed E-state index contributed by atoms with van der Waals surface area (Å²) in [6.45, 7) is 4.07. The molecule has 6 nitrogen and oxygen atoms in total. The molecule has 26 heavy (non-hydrogen) atoms. The third kappa shape index (κ3) is 2.67. The summed E-state index contributed by atoms with van der Waals surface area (Å²) in [6, 6.07) is 8.24. The number of para-hydroxylation sites is 1. The Bertz CT molecular complexity index is 921. The third-order valence-electron chi connectivity index (χ3n) is 5.33. The van der Waals surface area contributed by atoms with Crippen molar-refractivity contribution in [1.82, 2.24) is 19.7 Å². The number of aromatic nitrogens is 3. The summed E-state index contributed by atoms with van der Waals surface area (Å²) in [6.07, 6.45) is 5.04. The molecular weight excluding hydrogens is 346 g/mol. The molecule has 1 saturated heterocycles. The Morgan fingerprint density at radius 1 is 1.04 bits per heavy atom. The SMILES string of the molecule is O=C(c1cnn2c1CCCC2)N1CCN(c2nc3ccccc3s2)CC1. The largest absolute Gasteiger partial charge is 0.345 e. The molecule has 7 heteroatoms. The van der Waals surface area contributed by atoms with Gasteiger partial charge in [0.1, 0.15) is 0 Å². The number of nitrogens with zero attached hydrogens (tertiary/aromatic N) is 5. The van der Waals surface area contributed by atoms with Gasteiger partial charge in [-0.05, 0) is 31.4 Å². The number of fused-ring (bicyclic) bond motifs is 2. The minimum atomic E-state index is 0.136. The summed E-state index contributed by atoms with van der Waals surface area (Å²) in [7, 11) is 0. The van der Waals surface area contributed by atoms with Gasteiger partial charge in [0.05, 0.1) is 27.7 Å². The number of carbonyl (C=O) groups excluding carboxylic acids is 1. The van der Waals surface area contributed by atoms with Crippen LogP contribution in [-0.2, 0) is 13.0 Å². The third-order valence-corrected chi connectivity index (χ3v) is 6.43. The maximum absolute atomic E-state index is 13.0. The van der Waals surface area contributed by atoms with Crippen molar-refractivity contribution in [3.05, 3.63) is 41.7 Å². The number of piperazine rings is 1. The average molecular weight is 367 g/mol. The first kappa shape index (κ1) is 15.8. The quantitative estimate of drug-likeness (QED) is 0.699. The number of aryl methyl sites for hydroxylation is 1. The van der Waals surface area contributed by atoms with E-state index in [9.17, 15) is 4.79 Å². The molecular formula is C19H21N5OS. The van der Waals surface area contributed by atoms with Crippen molar-refractivity contribution < 1.29 is 4.79 Å². The molecule has 0 atom stereocenters. The molecule has 3 aromatic rings. The van der Waals surface area contributed by atoms with E-state index in [1.165, 1.54) is 4.70 Å². The minimum Gasteiger partial charge on any atom is -0.345 e. The highest BCUT2D eigenvalue weighted by molar-refractivity contribution is 7.22. The predicted molar refractivity (Wildman–Crippen MR) is 103 cm³/mol. The molecule has 1 fully saturated rings. The van der Waals surface area contributed by atoms with Crippen LogP contribution in [0.2, 0.25) is 0 Å². The van der Waals surface area contributed by atoms with Crippen LogP contribution in [0.3, 0.4) is 0 Å². The topological polar surface area (TPSA) is 54.3 Å². The second-order valence-corrected chi connectivity index (χ2v) is 7.94. The summed E-state index contributed by atoms with van der Waals surface area (Å²) in [5.41, 5.74) is 2.98. The number of thiazole rings is 1. The second-order valence-electron chi connectivity index (χ2n) is 6.93. The monoisotopic (exact) mass is 367 g/mol. The molecule has 2 aromatic heterocycles. The van der Waals surface area contributed by atoms with Crippen molar-refractivity contribution in [2.24, 2.45) is 0 Å². The van der Waals surface area contributed by atoms with Gasteiger partial charge in [-0.15, -0.1) is 0 Å². The van der Waals surface area contributed by atoms with Crippen molar-refractivity contribution in [2.75, 3.05) is 31.1 Å². The van der Waals surface area contributed by atoms with Gasteiger partial charge in [-0.1, -0.05) is 23.5 Å². The van der Waals surface area contributed by atoms with Crippen molar-refractivity contribution in [3.63, 3.8) is 0 Å². The second kappa shape index (κ2) is 6.39. The van der Waals surface area contributed by atoms with Gasteiger partial charge in [0.25, 0.3) is 5.91 Å². The lowest BCUT2D eigenvalue weighted by Gasteiger charge is -2.34. The smallest absolute Gasteiger partial charge is 0.257 e. The first-order valence-electron chi connectivity index (χ1n) is 9.24. The molecule has 2 aliphatic heterocycles. The van der Waals surface area contributed by atoms with Crippen LogP contribution in [0.5, 0.6) is 0 Å². The summed E-state index contributed by atoms with van der Waals surface area (Å²) < 4.78 is 3.22. The number of amides is 1. The summed E-state index contributed by atoms with van der Waals surface area (Å²) in [5.74, 6) is 0.136. The fourth-order valence-corrected chi connectivity index (χ4v) is 4.88. The summed E-state index contributed by atoms with van der Waals surface area (Å²) >= 11 is 1.73. The molecule has 5 rings (SSSR count). The van der Waals surface area contributed by atoms with Crippen molar-refractivity contribution in [3.8, 4) is 0 Å². The first-order chi connectivity index (χ1) is 12.8. The van der Waals surface area contributed by atoms with Crippen LogP contribution in [0.1, 0.15) is 28.9 Å². The molecule has 0 N–H and O–H groups in total. The van der Waals surface area contributed by atoms with Crippen molar-refractivity contribution in [1.29, 1.82) is 0 Å². The molecule has 0 bridgehead atoms. The van der Waals surface area contributed by atoms with Crippen molar-refractivity contribution >= 4 is 32.6 Å². The van der Waals surface area contributed by atoms with Crippen LogP contribution in [0, 0.1) is 0 Å². The van der Waals surface area contributed by atoms with Crippen molar-refractivity contribution in [2.45, 2.75) is 25.8 Å². The van der Waals surface area contributed by atoms with Gasteiger partial charge < -0.3 is 9.80 Å². The normalized spacial score (nSPS) is 17.5. The molecule has 134 valence electrons. The zero-order valence-corrected chi connectivity index (χ0v) is 15.4. The van der Waals surface area contributed by atoms with Crippen LogP contribution in [0.4, 0.5) is 5.13 Å². The molecule has 1 aromatic carbocycles. The fourth-order valence-electron chi connectivity index (χ4n) is 3.87. The first-order valence-corrected chi connectivity index (χ1v) is 10.1. The maximum atomic E-state index is 13.0. The van der Waals surface area contributed by atoms with E-state index in [2.05, 4.69) is 22.1 Å². The lowest BCUT2D eigenvalue weighted by Crippen LogP contribution is -2.49. The lowest BCUT2D eigenvalue weighted by molar-refractivity contribution is 0.0745. The van der Waals surface area contributed by atoms with E-state index in [1.807, 2.05) is 21.7 Å². The van der Waals surface area contributed by atoms with Gasteiger partial charge in [0.15, 0.2) is 5.13 Å². The van der Waals surface area contributed by atoms with E-state index in [-0.39, 0.29) is 5.91 Å². The Kier molecular flexibility index (Phi) is 3.89. The van der Waals surface area contributed by atoms with Crippen LogP contribution in [0.25, 0.3) is 10.2 Å². The predicted octanol–water partition coefficient (Wildman–Crippen LogP) is 2.79. The van der Waals surface area contributed by atoms with Crippen LogP contribution in [-0.4, -0.2) is 51.8 Å². The molecule has 0 aliphatic carbocycles. The summed E-state index contributed by atoms with van der Waals surface area (Å²) in [5, 5.41) is 5.47. The highest BCUT2D eigenvalue weighted by Gasteiger charge is 2.27. The Morgan fingerprint density at radius 2 is 1.88 bits per heavy atom. The van der Waals surface area contributed by atoms with E-state index in [0.717, 1.165) is 73.9 Å². The van der Waals surface area contributed by atoms with Gasteiger partial charge in [-0.3, -0.25) is 9.48 Å². The van der Waals surface area contributed by atoms with Crippen LogP contribution in [0.15, 0.2) is 30.5 Å². The molecule has 0 saturated carbocycles. The minimum absolute atomic E-state index is 0.136. The molecule has 0 spiro atoms. The zero-order chi connectivity index (χ0) is 17.5. The number of carbonyl (C=O) groups is 1. The van der Waals surface area contributed by atoms with E-state index < -0.39 is 0 Å². The standard InChI is InChI=1S/C19H21N5OS/c25-18(14-13-20-24-8-4-3-6-16(14)24)22-9-11-23(12-10-22)19-21-15-5-1-2-7-17(15)26-19/h1-2,5,7,13H,3-4,6,8-12H2. The zero-order valence-electron chi connectivity index (χ0n) is 14.6. The van der Waals surface area contributed by atoms with Gasteiger partial charge in [-0.25, -0.2) is 4.98 Å².